The summed E-state index contributed by atoms with van der Waals surface area (Å²) < 4.78 is 46.0. The van der Waals surface area contributed by atoms with E-state index in [1.165, 1.54) is 12.1 Å². The second-order valence-electron chi connectivity index (χ2n) is 8.87. The molecule has 0 bridgehead atoms. The number of aryl methyl sites for hydroxylation is 1. The first-order valence-electron chi connectivity index (χ1n) is 11.7. The highest BCUT2D eigenvalue weighted by atomic mass is 32.2. The third-order valence-electron chi connectivity index (χ3n) is 6.50. The maximum absolute atomic E-state index is 13.1. The summed E-state index contributed by atoms with van der Waals surface area (Å²) in [5.74, 6) is 0.290. The highest BCUT2D eigenvalue weighted by molar-refractivity contribution is 7.89. The Bertz CT molecular complexity index is 1190. The van der Waals surface area contributed by atoms with Crippen LogP contribution in [-0.2, 0) is 16.4 Å². The quantitative estimate of drug-likeness (QED) is 0.531. The number of hydrogen-bond acceptors (Lipinski definition) is 6. The Balaban J connectivity index is 0.00000133. The maximum Gasteiger partial charge on any atom is 0.324 e. The fourth-order valence-corrected chi connectivity index (χ4v) is 5.95. The molecule has 0 radical (unpaired) electrons. The van der Waals surface area contributed by atoms with Gasteiger partial charge in [0.15, 0.2) is 5.82 Å². The minimum absolute atomic E-state index is 0.0882. The van der Waals surface area contributed by atoms with Crippen molar-refractivity contribution in [2.24, 2.45) is 5.41 Å². The minimum atomic E-state index is -3.45. The lowest BCUT2D eigenvalue weighted by Crippen LogP contribution is -2.61. The van der Waals surface area contributed by atoms with E-state index in [1.807, 2.05) is 37.8 Å². The Morgan fingerprint density at radius 1 is 1.00 bits per heavy atom. The van der Waals surface area contributed by atoms with Gasteiger partial charge in [-0.2, -0.15) is 9.29 Å². The first kappa shape index (κ1) is 24.3. The van der Waals surface area contributed by atoms with Gasteiger partial charge in [-0.25, -0.2) is 12.8 Å². The molecule has 2 aromatic carbocycles. The molecule has 9 heteroatoms. The zero-order valence-electron chi connectivity index (χ0n) is 19.9. The third-order valence-corrected chi connectivity index (χ3v) is 8.41. The van der Waals surface area contributed by atoms with Crippen LogP contribution in [0.2, 0.25) is 0 Å². The molecule has 3 aromatic rings. The molecule has 3 heterocycles. The van der Waals surface area contributed by atoms with Crippen molar-refractivity contribution in [1.29, 1.82) is 0 Å². The number of piperidine rings is 1. The molecule has 0 amide bonds. The van der Waals surface area contributed by atoms with Gasteiger partial charge in [-0.3, -0.25) is 0 Å². The minimum Gasteiger partial charge on any atom is -0.323 e. The second-order valence-corrected chi connectivity index (χ2v) is 10.8. The Hall–Kier alpha value is -2.78. The molecule has 2 saturated heterocycles. The van der Waals surface area contributed by atoms with Crippen LogP contribution in [0, 0.1) is 18.2 Å². The van der Waals surface area contributed by atoms with Crippen molar-refractivity contribution in [2.45, 2.75) is 44.9 Å². The first-order valence-corrected chi connectivity index (χ1v) is 13.2. The average Bonchev–Trinajstić information content (AvgIpc) is 3.29. The van der Waals surface area contributed by atoms with Crippen molar-refractivity contribution in [3.63, 3.8) is 0 Å². The standard InChI is InChI=1S/C23H25FN4O3S.C2H6/c1-17-2-8-20(9-3-17)32(29,30)28-12-10-23(11-13-28)15-27(16-23)22-25-21(26-31-22)14-18-4-6-19(24)7-5-18;1-2/h2-9H,10-16H2,1H3;1-2H3. The van der Waals surface area contributed by atoms with Crippen LogP contribution in [-0.4, -0.2) is 49.0 Å². The number of benzene rings is 2. The van der Waals surface area contributed by atoms with Crippen molar-refractivity contribution in [3.05, 3.63) is 71.3 Å². The van der Waals surface area contributed by atoms with Gasteiger partial charge in [0.25, 0.3) is 0 Å². The molecule has 1 aromatic heterocycles. The number of halogens is 1. The monoisotopic (exact) mass is 486 g/mol. The highest BCUT2D eigenvalue weighted by Gasteiger charge is 2.48. The van der Waals surface area contributed by atoms with Crippen molar-refractivity contribution < 1.29 is 17.3 Å². The van der Waals surface area contributed by atoms with E-state index < -0.39 is 10.0 Å². The van der Waals surface area contributed by atoms with E-state index in [4.69, 9.17) is 4.52 Å². The van der Waals surface area contributed by atoms with Crippen LogP contribution in [0.3, 0.4) is 0 Å². The van der Waals surface area contributed by atoms with Gasteiger partial charge in [0, 0.05) is 38.0 Å². The molecular weight excluding hydrogens is 455 g/mol. The number of anilines is 1. The summed E-state index contributed by atoms with van der Waals surface area (Å²) in [6, 6.07) is 13.8. The maximum atomic E-state index is 13.1. The van der Waals surface area contributed by atoms with E-state index in [-0.39, 0.29) is 11.2 Å². The number of hydrogen-bond donors (Lipinski definition) is 0. The fourth-order valence-electron chi connectivity index (χ4n) is 4.50. The molecule has 5 rings (SSSR count). The third kappa shape index (κ3) is 5.00. The van der Waals surface area contributed by atoms with Gasteiger partial charge in [-0.15, -0.1) is 0 Å². The van der Waals surface area contributed by atoms with E-state index in [0.29, 0.717) is 36.2 Å². The summed E-state index contributed by atoms with van der Waals surface area (Å²) in [6.45, 7) is 8.54. The van der Waals surface area contributed by atoms with Gasteiger partial charge < -0.3 is 9.42 Å². The summed E-state index contributed by atoms with van der Waals surface area (Å²) in [5, 5.41) is 4.05. The molecule has 7 nitrogen and oxygen atoms in total. The predicted octanol–water partition coefficient (Wildman–Crippen LogP) is 4.43. The van der Waals surface area contributed by atoms with Gasteiger partial charge in [0.2, 0.25) is 10.0 Å². The average molecular weight is 487 g/mol. The van der Waals surface area contributed by atoms with Crippen LogP contribution >= 0.6 is 0 Å². The molecule has 2 aliphatic heterocycles. The lowest BCUT2D eigenvalue weighted by Gasteiger charge is -2.52. The number of aromatic nitrogens is 2. The number of nitrogens with zero attached hydrogens (tertiary/aromatic N) is 4. The van der Waals surface area contributed by atoms with E-state index in [0.717, 1.165) is 37.1 Å². The molecule has 1 spiro atoms. The van der Waals surface area contributed by atoms with Gasteiger partial charge in [0.1, 0.15) is 5.82 Å². The molecule has 0 N–H and O–H groups in total. The van der Waals surface area contributed by atoms with E-state index in [9.17, 15) is 12.8 Å². The summed E-state index contributed by atoms with van der Waals surface area (Å²) in [5.41, 5.74) is 2.05. The SMILES string of the molecule is CC.Cc1ccc(S(=O)(=O)N2CCC3(CC2)CN(c2nc(Cc4ccc(F)cc4)no2)C3)cc1. The van der Waals surface area contributed by atoms with Gasteiger partial charge >= 0.3 is 6.01 Å². The zero-order chi connectivity index (χ0) is 24.3. The van der Waals surface area contributed by atoms with Crippen molar-refractivity contribution in [2.75, 3.05) is 31.1 Å². The van der Waals surface area contributed by atoms with Crippen LogP contribution in [0.5, 0.6) is 0 Å². The van der Waals surface area contributed by atoms with E-state index in [2.05, 4.69) is 10.1 Å². The lowest BCUT2D eigenvalue weighted by molar-refractivity contribution is 0.108. The second kappa shape index (κ2) is 9.84. The number of rotatable bonds is 5. The summed E-state index contributed by atoms with van der Waals surface area (Å²) in [7, 11) is -3.45. The molecule has 0 saturated carbocycles. The van der Waals surface area contributed by atoms with Crippen LogP contribution in [0.1, 0.15) is 43.6 Å². The molecule has 34 heavy (non-hydrogen) atoms. The van der Waals surface area contributed by atoms with Gasteiger partial charge in [-0.1, -0.05) is 48.8 Å². The molecule has 2 fully saturated rings. The van der Waals surface area contributed by atoms with Gasteiger partial charge in [-0.05, 0) is 49.6 Å². The normalized spacial score (nSPS) is 17.7. The van der Waals surface area contributed by atoms with Crippen LogP contribution in [0.15, 0.2) is 57.9 Å². The highest BCUT2D eigenvalue weighted by Crippen LogP contribution is 2.43. The Labute approximate surface area is 200 Å². The molecule has 0 unspecified atom stereocenters. The predicted molar refractivity (Wildman–Crippen MR) is 129 cm³/mol. The van der Waals surface area contributed by atoms with Gasteiger partial charge in [0.05, 0.1) is 4.90 Å². The lowest BCUT2D eigenvalue weighted by atomic mass is 9.72. The molecule has 2 aliphatic rings. The largest absolute Gasteiger partial charge is 0.324 e. The zero-order valence-corrected chi connectivity index (χ0v) is 20.7. The molecule has 0 aliphatic carbocycles. The Morgan fingerprint density at radius 3 is 2.24 bits per heavy atom. The van der Waals surface area contributed by atoms with Crippen molar-refractivity contribution in [1.82, 2.24) is 14.4 Å². The van der Waals surface area contributed by atoms with E-state index >= 15 is 0 Å². The first-order chi connectivity index (χ1) is 16.3. The molecule has 0 atom stereocenters. The smallest absolute Gasteiger partial charge is 0.323 e. The van der Waals surface area contributed by atoms with E-state index in [1.54, 1.807) is 28.6 Å². The Morgan fingerprint density at radius 2 is 1.62 bits per heavy atom. The topological polar surface area (TPSA) is 79.5 Å². The summed E-state index contributed by atoms with van der Waals surface area (Å²) >= 11 is 0. The van der Waals surface area contributed by atoms with Crippen LogP contribution in [0.25, 0.3) is 0 Å². The Kier molecular flexibility index (Phi) is 7.04. The molecule has 182 valence electrons. The van der Waals surface area contributed by atoms with Crippen LogP contribution < -0.4 is 4.90 Å². The number of sulfonamides is 1. The van der Waals surface area contributed by atoms with Crippen molar-refractivity contribution in [3.8, 4) is 0 Å². The molecular formula is C25H31FN4O3S. The summed E-state index contributed by atoms with van der Waals surface area (Å²) in [4.78, 5) is 6.88. The summed E-state index contributed by atoms with van der Waals surface area (Å²) in [6.07, 6.45) is 2.10. The van der Waals surface area contributed by atoms with Crippen LogP contribution in [0.4, 0.5) is 10.4 Å². The van der Waals surface area contributed by atoms with Crippen molar-refractivity contribution >= 4 is 16.0 Å². The fraction of sp³-hybridized carbons (Fsp3) is 0.440.